The Morgan fingerprint density at radius 2 is 0.858 bits per heavy atom. The van der Waals surface area contributed by atoms with Crippen molar-refractivity contribution in [2.45, 2.75) is 209 Å². The van der Waals surface area contributed by atoms with Crippen molar-refractivity contribution in [3.8, 4) is 0 Å². The molecule has 29 N–H and O–H groups in total. The molecule has 11 amide bonds. The lowest BCUT2D eigenvalue weighted by Crippen LogP contribution is -2.61. The number of hydrogen-bond donors (Lipinski definition) is 22. The van der Waals surface area contributed by atoms with Crippen LogP contribution < -0.4 is 98.6 Å². The van der Waals surface area contributed by atoms with Crippen LogP contribution in [-0.2, 0) is 70.4 Å². The lowest BCUT2D eigenvalue weighted by atomic mass is 9.99. The van der Waals surface area contributed by atoms with Crippen molar-refractivity contribution in [2.24, 2.45) is 40.1 Å². The van der Waals surface area contributed by atoms with Crippen molar-refractivity contribution in [1.82, 2.24) is 73.4 Å². The molecule has 0 bridgehead atoms. The van der Waals surface area contributed by atoms with Gasteiger partial charge in [0.25, 0.3) is 0 Å². The summed E-state index contributed by atoms with van der Waals surface area (Å²) in [4.78, 5) is 176. The van der Waals surface area contributed by atoms with Crippen molar-refractivity contribution >= 4 is 98.7 Å². The lowest BCUT2D eigenvalue weighted by Gasteiger charge is -2.36. The Balaban J connectivity index is 1.38. The number of fused-ring (bicyclic) bond motifs is 2. The molecule has 0 radical (unpaired) electrons. The first-order valence-corrected chi connectivity index (χ1v) is 36.9. The predicted octanol–water partition coefficient (Wildman–Crippen LogP) is -2.73. The zero-order valence-electron chi connectivity index (χ0n) is 60.8. The van der Waals surface area contributed by atoms with Crippen molar-refractivity contribution in [2.75, 3.05) is 58.9 Å². The van der Waals surface area contributed by atoms with Crippen LogP contribution in [-0.4, -0.2) is 216 Å². The Hall–Kier alpha value is -9.81. The van der Waals surface area contributed by atoms with Gasteiger partial charge in [-0.3, -0.25) is 58.1 Å². The van der Waals surface area contributed by atoms with Gasteiger partial charge in [0.15, 0.2) is 5.96 Å². The molecule has 0 unspecified atom stereocenters. The lowest BCUT2D eigenvalue weighted by molar-refractivity contribution is -0.143. The molecule has 1 saturated heterocycles. The molecular formula is C71H114N22O13. The number of benzene rings is 2. The number of carboxylic acid groups (broad SMARTS) is 1. The van der Waals surface area contributed by atoms with Crippen molar-refractivity contribution in [3.63, 3.8) is 0 Å². The highest BCUT2D eigenvalue weighted by atomic mass is 16.4. The van der Waals surface area contributed by atoms with Crippen molar-refractivity contribution < 1.29 is 62.6 Å². The van der Waals surface area contributed by atoms with Gasteiger partial charge < -0.3 is 119 Å². The zero-order valence-corrected chi connectivity index (χ0v) is 60.8. The molecule has 0 aliphatic carbocycles. The third-order valence-corrected chi connectivity index (χ3v) is 18.5. The van der Waals surface area contributed by atoms with E-state index in [0.717, 1.165) is 21.8 Å². The van der Waals surface area contributed by atoms with Gasteiger partial charge in [0, 0.05) is 60.1 Å². The minimum absolute atomic E-state index is 0.00869. The van der Waals surface area contributed by atoms with Gasteiger partial charge in [-0.1, -0.05) is 36.4 Å². The molecule has 2 aromatic carbocycles. The monoisotopic (exact) mass is 1480 g/mol. The van der Waals surface area contributed by atoms with Gasteiger partial charge in [0.2, 0.25) is 65.0 Å². The number of hydrogen-bond acceptors (Lipinski definition) is 19. The zero-order chi connectivity index (χ0) is 77.5. The SMILES string of the molecule is C[C@H](NC(=O)[C@H](CCCCN)NC(=O)[C@H](Cc1c[nH]c2ccccc12)NC(=O)[C@H](CCCCN)NC(=O)[C@@H]1CCCCN1C(=O)CNC(=O)[C@H](CCCNC(=N)N)NC(=O)CN)C(=O)N[C@@H](CCCCN)C(=O)N[C@@H](Cc1c[nH]c2ccccc12)C(=O)N[C@@H](CCCCN)C(=O)N[C@@H](CCCCN)C(=O)O. The van der Waals surface area contributed by atoms with E-state index < -0.39 is 144 Å². The second-order valence-electron chi connectivity index (χ2n) is 26.7. The summed E-state index contributed by atoms with van der Waals surface area (Å²) in [5.41, 5.74) is 42.7. The summed E-state index contributed by atoms with van der Waals surface area (Å²) in [6.07, 6.45) is 9.18. The maximum Gasteiger partial charge on any atom is 0.326 e. The van der Waals surface area contributed by atoms with E-state index in [0.29, 0.717) is 101 Å². The molecule has 4 aromatic rings. The number of nitrogens with zero attached hydrogens (tertiary/aromatic N) is 1. The van der Waals surface area contributed by atoms with E-state index in [2.05, 4.69) is 68.5 Å². The molecule has 0 spiro atoms. The standard InChI is InChI=1S/C71H114N22O13/c1-43(61(96)86-52(24-7-13-31-73)65(100)91-57(38-45-41-82-49-22-5-3-20-47(45)49)68(103)88-53(25-8-14-32-74)64(99)90-55(70(105)106)27-10-16-34-76)84-63(98)51(23-6-12-30-72)87-67(102)56(37-44-40-81-48-21-4-2-19-46(44)48)92-66(101)54(26-9-15-33-75)89-69(104)58-29-11-17-36-93(58)60(95)42-83-62(97)50(85-59(94)39-77)28-18-35-80-71(78)79/h2-5,19-22,40-41,43,50-58,81-82H,6-18,23-39,42,72-77H2,1H3,(H,83,97)(H,84,98)(H,85,94)(H,86,96)(H,87,102)(H,88,103)(H,89,104)(H,90,99)(H,91,100)(H,92,101)(H,105,106)(H4,78,79,80)/t43-,50-,51-,52-,53-,54-,55-,56-,57-,58-/m0/s1. The second kappa shape index (κ2) is 46.9. The Morgan fingerprint density at radius 1 is 0.472 bits per heavy atom. The molecule has 106 heavy (non-hydrogen) atoms. The molecule has 2 aromatic heterocycles. The number of H-pyrrole nitrogens is 2. The first-order valence-electron chi connectivity index (χ1n) is 36.9. The maximum absolute atomic E-state index is 15.0. The number of para-hydroxylation sites is 2. The van der Waals surface area contributed by atoms with E-state index in [-0.39, 0.29) is 103 Å². The molecule has 35 nitrogen and oxygen atoms in total. The number of nitrogens with two attached hydrogens (primary N) is 7. The minimum Gasteiger partial charge on any atom is -0.480 e. The average molecular weight is 1480 g/mol. The van der Waals surface area contributed by atoms with Crippen molar-refractivity contribution in [1.29, 1.82) is 5.41 Å². The van der Waals surface area contributed by atoms with Crippen LogP contribution in [0.25, 0.3) is 21.8 Å². The number of unbranched alkanes of at least 4 members (excludes halogenated alkanes) is 5. The average Bonchev–Trinajstić information content (AvgIpc) is 1.77. The van der Waals surface area contributed by atoms with E-state index in [1.165, 1.54) is 11.8 Å². The Morgan fingerprint density at radius 3 is 1.30 bits per heavy atom. The molecule has 1 aliphatic heterocycles. The smallest absolute Gasteiger partial charge is 0.326 e. The Kier molecular flexibility index (Phi) is 38.4. The fourth-order valence-electron chi connectivity index (χ4n) is 12.5. The predicted molar refractivity (Wildman–Crippen MR) is 400 cm³/mol. The van der Waals surface area contributed by atoms with Gasteiger partial charge in [0.05, 0.1) is 13.1 Å². The maximum atomic E-state index is 15.0. The fraction of sp³-hybridized carbons (Fsp3) is 0.592. The molecule has 1 fully saturated rings. The minimum atomic E-state index is -1.42. The normalized spacial score (nSPS) is 15.3. The molecule has 35 heteroatoms. The van der Waals surface area contributed by atoms with E-state index >= 15 is 4.79 Å². The van der Waals surface area contributed by atoms with E-state index in [9.17, 15) is 57.8 Å². The van der Waals surface area contributed by atoms with Crippen LogP contribution in [0.2, 0.25) is 0 Å². The van der Waals surface area contributed by atoms with Gasteiger partial charge in [-0.2, -0.15) is 0 Å². The number of nitrogens with one attached hydrogen (secondary N) is 14. The summed E-state index contributed by atoms with van der Waals surface area (Å²) < 4.78 is 0. The van der Waals surface area contributed by atoms with Crippen LogP contribution in [0.3, 0.4) is 0 Å². The Bertz CT molecular complexity index is 3530. The summed E-state index contributed by atoms with van der Waals surface area (Å²) in [6.45, 7) is 2.11. The fourth-order valence-corrected chi connectivity index (χ4v) is 12.5. The summed E-state index contributed by atoms with van der Waals surface area (Å²) in [7, 11) is 0. The first-order chi connectivity index (χ1) is 51.0. The summed E-state index contributed by atoms with van der Waals surface area (Å²) >= 11 is 0. The van der Waals surface area contributed by atoms with E-state index in [1.807, 2.05) is 36.4 Å². The topological polar surface area (TPSA) is 598 Å². The van der Waals surface area contributed by atoms with Gasteiger partial charge >= 0.3 is 5.97 Å². The summed E-state index contributed by atoms with van der Waals surface area (Å²) in [5.74, 6) is -9.69. The largest absolute Gasteiger partial charge is 0.480 e. The van der Waals surface area contributed by atoms with Crippen LogP contribution in [0, 0.1) is 5.41 Å². The van der Waals surface area contributed by atoms with Gasteiger partial charge in [0.1, 0.15) is 60.4 Å². The van der Waals surface area contributed by atoms with Crippen molar-refractivity contribution in [3.05, 3.63) is 72.1 Å². The van der Waals surface area contributed by atoms with Crippen LogP contribution in [0.1, 0.15) is 146 Å². The summed E-state index contributed by atoms with van der Waals surface area (Å²) in [6, 6.07) is 1.72. The molecular weight excluding hydrogens is 1370 g/mol. The van der Waals surface area contributed by atoms with E-state index in [1.54, 1.807) is 24.5 Å². The number of piperidine rings is 1. The third kappa shape index (κ3) is 28.9. The van der Waals surface area contributed by atoms with Gasteiger partial charge in [-0.15, -0.1) is 0 Å². The molecule has 0 saturated carbocycles. The number of aromatic amines is 2. The number of likely N-dealkylation sites (tertiary alicyclic amines) is 1. The highest BCUT2D eigenvalue weighted by Gasteiger charge is 2.38. The van der Waals surface area contributed by atoms with Crippen LogP contribution in [0.5, 0.6) is 0 Å². The highest BCUT2D eigenvalue weighted by molar-refractivity contribution is 6.00. The first kappa shape index (κ1) is 86.8. The van der Waals surface area contributed by atoms with Gasteiger partial charge in [-0.25, -0.2) is 4.79 Å². The molecule has 5 rings (SSSR count). The quantitative estimate of drug-likeness (QED) is 0.0121. The van der Waals surface area contributed by atoms with Gasteiger partial charge in [-0.05, 0) is 191 Å². The summed E-state index contributed by atoms with van der Waals surface area (Å²) in [5, 5.41) is 48.6. The Labute approximate surface area is 617 Å². The second-order valence-corrected chi connectivity index (χ2v) is 26.7. The van der Waals surface area contributed by atoms with Crippen LogP contribution >= 0.6 is 0 Å². The number of guanidine groups is 1. The molecule has 586 valence electrons. The number of carboxylic acids is 1. The number of aromatic nitrogens is 2. The number of carbonyl (C=O) groups excluding carboxylic acids is 11. The number of carbonyl (C=O) groups is 12. The van der Waals surface area contributed by atoms with E-state index in [4.69, 9.17) is 45.5 Å². The number of aliphatic carboxylic acids is 1. The highest BCUT2D eigenvalue weighted by Crippen LogP contribution is 2.23. The third-order valence-electron chi connectivity index (χ3n) is 18.5. The van der Waals surface area contributed by atoms with Crippen LogP contribution in [0.4, 0.5) is 0 Å². The molecule has 10 atom stereocenters. The number of rotatable bonds is 50. The van der Waals surface area contributed by atoms with Crippen LogP contribution in [0.15, 0.2) is 60.9 Å². The molecule has 3 heterocycles. The molecule has 1 aliphatic rings. The number of amides is 11.